The number of aliphatic hydroxyl groups excluding tert-OH is 1. The van der Waals surface area contributed by atoms with Crippen molar-refractivity contribution in [2.24, 2.45) is 0 Å². The van der Waals surface area contributed by atoms with Crippen molar-refractivity contribution in [2.75, 3.05) is 5.75 Å². The minimum atomic E-state index is -0.490. The molecule has 0 saturated carbocycles. The fourth-order valence-electron chi connectivity index (χ4n) is 1.20. The van der Waals surface area contributed by atoms with Crippen molar-refractivity contribution in [1.29, 1.82) is 0 Å². The normalized spacial score (nSPS) is 12.5. The highest BCUT2D eigenvalue weighted by Crippen LogP contribution is 2.31. The van der Waals surface area contributed by atoms with E-state index >= 15 is 0 Å². The number of aliphatic hydroxyl groups is 1. The van der Waals surface area contributed by atoms with Crippen LogP contribution in [0.2, 0.25) is 0 Å². The lowest BCUT2D eigenvalue weighted by molar-refractivity contribution is 0.193. The number of hydrogen-bond acceptors (Lipinski definition) is 4. The average molecular weight is 244 g/mol. The summed E-state index contributed by atoms with van der Waals surface area (Å²) in [6.07, 6.45) is -0.490. The van der Waals surface area contributed by atoms with Gasteiger partial charge in [0.15, 0.2) is 0 Å². The van der Waals surface area contributed by atoms with Gasteiger partial charge < -0.3 is 5.11 Å². The van der Waals surface area contributed by atoms with Crippen molar-refractivity contribution in [1.82, 2.24) is 0 Å². The fourth-order valence-corrected chi connectivity index (χ4v) is 2.73. The molecule has 76 valence electrons. The minimum Gasteiger partial charge on any atom is -0.389 e. The highest BCUT2D eigenvalue weighted by molar-refractivity contribution is 8.00. The first-order valence-corrected chi connectivity index (χ1v) is 6.13. The van der Waals surface area contributed by atoms with E-state index in [4.69, 9.17) is 12.2 Å². The molecule has 14 heavy (non-hydrogen) atoms. The monoisotopic (exact) mass is 244 g/mol. The van der Waals surface area contributed by atoms with Crippen LogP contribution in [-0.2, 0) is 0 Å². The second-order valence-electron chi connectivity index (χ2n) is 2.84. The summed E-state index contributed by atoms with van der Waals surface area (Å²) in [5.74, 6) is 0.770. The van der Waals surface area contributed by atoms with Crippen LogP contribution in [0.25, 0.3) is 0 Å². The quantitative estimate of drug-likeness (QED) is 0.482. The van der Waals surface area contributed by atoms with Crippen LogP contribution in [0.3, 0.4) is 0 Å². The zero-order valence-electron chi connectivity index (χ0n) is 7.80. The smallest absolute Gasteiger partial charge is 0.0783 e. The van der Waals surface area contributed by atoms with Gasteiger partial charge in [0.05, 0.1) is 6.10 Å². The summed E-state index contributed by atoms with van der Waals surface area (Å²) in [6.45, 7) is 1.75. The molecule has 1 N–H and O–H groups in total. The van der Waals surface area contributed by atoms with E-state index < -0.39 is 6.10 Å². The largest absolute Gasteiger partial charge is 0.389 e. The molecule has 0 aliphatic heterocycles. The third-order valence-corrected chi connectivity index (χ3v) is 3.54. The first-order chi connectivity index (χ1) is 6.66. The zero-order chi connectivity index (χ0) is 10.6. The van der Waals surface area contributed by atoms with Crippen molar-refractivity contribution >= 4 is 42.0 Å². The summed E-state index contributed by atoms with van der Waals surface area (Å²) >= 11 is 10.7. The molecule has 0 radical (unpaired) electrons. The van der Waals surface area contributed by atoms with E-state index in [1.807, 2.05) is 18.2 Å². The predicted molar refractivity (Wildman–Crippen MR) is 68.7 cm³/mol. The molecule has 1 aromatic rings. The topological polar surface area (TPSA) is 20.2 Å². The number of hydrogen-bond donors (Lipinski definition) is 2. The Morgan fingerprint density at radius 3 is 2.93 bits per heavy atom. The van der Waals surface area contributed by atoms with Crippen molar-refractivity contribution in [3.05, 3.63) is 23.8 Å². The first kappa shape index (κ1) is 12.0. The Bertz CT molecular complexity index is 323. The van der Waals surface area contributed by atoms with Gasteiger partial charge in [-0.3, -0.25) is 0 Å². The predicted octanol–water partition coefficient (Wildman–Crippen LogP) is 3.12. The van der Waals surface area contributed by atoms with E-state index in [0.29, 0.717) is 0 Å². The fraction of sp³-hybridized carbons (Fsp3) is 0.300. The summed E-state index contributed by atoms with van der Waals surface area (Å²) in [6, 6.07) is 5.79. The lowest BCUT2D eigenvalue weighted by atomic mass is 10.1. The average Bonchev–Trinajstić information content (AvgIpc) is 2.14. The van der Waals surface area contributed by atoms with Crippen LogP contribution in [0.1, 0.15) is 18.6 Å². The Morgan fingerprint density at radius 2 is 2.36 bits per heavy atom. The van der Waals surface area contributed by atoms with E-state index in [9.17, 15) is 5.11 Å². The summed E-state index contributed by atoms with van der Waals surface area (Å²) in [7, 11) is 0. The van der Waals surface area contributed by atoms with Gasteiger partial charge >= 0.3 is 0 Å². The van der Waals surface area contributed by atoms with Crippen molar-refractivity contribution < 1.29 is 5.11 Å². The second-order valence-corrected chi connectivity index (χ2v) is 4.72. The molecule has 1 atom stereocenters. The molecule has 1 unspecified atom stereocenters. The second kappa shape index (κ2) is 5.75. The number of thiol groups is 1. The molecule has 4 heteroatoms. The molecule has 0 spiro atoms. The van der Waals surface area contributed by atoms with Gasteiger partial charge in [-0.25, -0.2) is 0 Å². The number of rotatable bonds is 4. The standard InChI is InChI=1S/C10H12OS3/c1-7(11)10-8(13)3-2-4-9(10)14-6-5-12/h2-5,7,11,13H,6H2,1H3. The number of benzene rings is 1. The maximum absolute atomic E-state index is 9.59. The third-order valence-electron chi connectivity index (χ3n) is 1.77. The van der Waals surface area contributed by atoms with E-state index in [0.717, 1.165) is 21.1 Å². The van der Waals surface area contributed by atoms with Crippen LogP contribution in [0.4, 0.5) is 0 Å². The molecule has 0 fully saturated rings. The van der Waals surface area contributed by atoms with Gasteiger partial charge in [0.25, 0.3) is 0 Å². The maximum Gasteiger partial charge on any atom is 0.0783 e. The third kappa shape index (κ3) is 2.98. The molecule has 1 aromatic carbocycles. The van der Waals surface area contributed by atoms with Gasteiger partial charge in [-0.15, -0.1) is 24.4 Å². The van der Waals surface area contributed by atoms with E-state index in [1.165, 1.54) is 0 Å². The van der Waals surface area contributed by atoms with Crippen molar-refractivity contribution in [3.63, 3.8) is 0 Å². The molecule has 0 aliphatic rings. The van der Waals surface area contributed by atoms with E-state index in [1.54, 1.807) is 24.1 Å². The molecule has 0 bridgehead atoms. The maximum atomic E-state index is 9.59. The molecule has 0 aliphatic carbocycles. The Balaban J connectivity index is 3.01. The van der Waals surface area contributed by atoms with Gasteiger partial charge in [0, 0.05) is 21.1 Å². The van der Waals surface area contributed by atoms with Crippen molar-refractivity contribution in [3.8, 4) is 0 Å². The van der Waals surface area contributed by atoms with Crippen LogP contribution < -0.4 is 0 Å². The van der Waals surface area contributed by atoms with Crippen LogP contribution in [0, 0.1) is 0 Å². The van der Waals surface area contributed by atoms with Crippen LogP contribution in [0.5, 0.6) is 0 Å². The number of thioether (sulfide) groups is 1. The highest BCUT2D eigenvalue weighted by Gasteiger charge is 2.10. The minimum absolute atomic E-state index is 0.490. The van der Waals surface area contributed by atoms with Crippen LogP contribution >= 0.6 is 36.6 Å². The highest BCUT2D eigenvalue weighted by atomic mass is 32.2. The van der Waals surface area contributed by atoms with Crippen LogP contribution in [0.15, 0.2) is 28.0 Å². The van der Waals surface area contributed by atoms with Gasteiger partial charge in [-0.2, -0.15) is 0 Å². The molecule has 1 rings (SSSR count). The Morgan fingerprint density at radius 1 is 1.64 bits per heavy atom. The molecular weight excluding hydrogens is 232 g/mol. The first-order valence-electron chi connectivity index (χ1n) is 4.23. The summed E-state index contributed by atoms with van der Waals surface area (Å²) in [4.78, 5) is 1.88. The Kier molecular flexibility index (Phi) is 4.95. The van der Waals surface area contributed by atoms with Gasteiger partial charge in [0.2, 0.25) is 0 Å². The van der Waals surface area contributed by atoms with Crippen LogP contribution in [-0.4, -0.2) is 16.2 Å². The summed E-state index contributed by atoms with van der Waals surface area (Å²) in [5, 5.41) is 11.3. The van der Waals surface area contributed by atoms with E-state index in [2.05, 4.69) is 12.6 Å². The number of thiocarbonyl (C=S) groups is 1. The van der Waals surface area contributed by atoms with Gasteiger partial charge in [-0.1, -0.05) is 18.3 Å². The Labute approximate surface area is 99.3 Å². The van der Waals surface area contributed by atoms with Gasteiger partial charge in [-0.05, 0) is 24.4 Å². The lowest BCUT2D eigenvalue weighted by Gasteiger charge is -2.13. The molecule has 1 nitrogen and oxygen atoms in total. The van der Waals surface area contributed by atoms with Crippen molar-refractivity contribution in [2.45, 2.75) is 22.8 Å². The molecular formula is C10H12OS3. The summed E-state index contributed by atoms with van der Waals surface area (Å²) in [5.41, 5.74) is 0.887. The van der Waals surface area contributed by atoms with Gasteiger partial charge in [0.1, 0.15) is 0 Å². The molecule has 0 aromatic heterocycles. The Hall–Kier alpha value is -0.0300. The zero-order valence-corrected chi connectivity index (χ0v) is 10.3. The lowest BCUT2D eigenvalue weighted by Crippen LogP contribution is -1.96. The summed E-state index contributed by atoms with van der Waals surface area (Å²) < 4.78 is 0. The molecule has 0 amide bonds. The van der Waals surface area contributed by atoms with E-state index in [-0.39, 0.29) is 0 Å². The SMILES string of the molecule is CC(O)c1c(S)cccc1SCC=S. The molecule has 0 saturated heterocycles. The molecule has 0 heterocycles.